The number of hydrogen-bond acceptors (Lipinski definition) is 6. The summed E-state index contributed by atoms with van der Waals surface area (Å²) in [5.74, 6) is -0.928. The minimum atomic E-state index is -0.790. The normalized spacial score (nSPS) is 12.5. The number of unbranched alkanes of at least 4 members (excludes halogenated alkanes) is 25. The van der Waals surface area contributed by atoms with Gasteiger partial charge in [-0.1, -0.05) is 197 Å². The van der Waals surface area contributed by atoms with Crippen molar-refractivity contribution in [3.63, 3.8) is 0 Å². The standard InChI is InChI=1S/C55H96O6/c1-4-7-10-13-16-19-22-24-26-27-28-29-30-32-33-36-39-42-45-48-54(57)60-51-52(50-59-53(56)47-44-41-38-35-21-18-15-12-9-6-3)61-55(58)49-46-43-40-37-34-31-25-23-20-17-14-11-8-5-2/h8,11,15,17-18,20,25,27-28,31,52H,4-7,9-10,12-14,16,19,21-24,26,29-30,32-51H2,1-3H3/b11-8-,18-15-,20-17-,28-27-,31-25-. The van der Waals surface area contributed by atoms with Gasteiger partial charge in [-0.3, -0.25) is 14.4 Å². The first-order valence-corrected chi connectivity index (χ1v) is 25.8. The number of rotatable bonds is 46. The molecule has 0 aliphatic carbocycles. The third-order valence-corrected chi connectivity index (χ3v) is 11.0. The van der Waals surface area contributed by atoms with Crippen molar-refractivity contribution >= 4 is 17.9 Å². The Morgan fingerprint density at radius 2 is 0.656 bits per heavy atom. The zero-order valence-electron chi connectivity index (χ0n) is 40.2. The second-order valence-corrected chi connectivity index (χ2v) is 17.0. The fraction of sp³-hybridized carbons (Fsp3) is 0.764. The van der Waals surface area contributed by atoms with E-state index in [-0.39, 0.29) is 31.1 Å². The maximum atomic E-state index is 12.8. The zero-order chi connectivity index (χ0) is 44.4. The molecule has 61 heavy (non-hydrogen) atoms. The summed E-state index contributed by atoms with van der Waals surface area (Å²) in [7, 11) is 0. The average Bonchev–Trinajstić information content (AvgIpc) is 3.26. The van der Waals surface area contributed by atoms with Gasteiger partial charge in [0.25, 0.3) is 0 Å². The van der Waals surface area contributed by atoms with Crippen LogP contribution in [0.25, 0.3) is 0 Å². The van der Waals surface area contributed by atoms with Crippen LogP contribution < -0.4 is 0 Å². The van der Waals surface area contributed by atoms with Gasteiger partial charge in [0.1, 0.15) is 13.2 Å². The Morgan fingerprint density at radius 1 is 0.344 bits per heavy atom. The molecule has 0 saturated carbocycles. The topological polar surface area (TPSA) is 78.9 Å². The molecule has 352 valence electrons. The fourth-order valence-electron chi connectivity index (χ4n) is 7.08. The van der Waals surface area contributed by atoms with Gasteiger partial charge in [-0.25, -0.2) is 0 Å². The van der Waals surface area contributed by atoms with Crippen LogP contribution >= 0.6 is 0 Å². The molecule has 0 saturated heterocycles. The Hall–Kier alpha value is -2.89. The van der Waals surface area contributed by atoms with E-state index in [4.69, 9.17) is 14.2 Å². The van der Waals surface area contributed by atoms with Crippen molar-refractivity contribution in [2.24, 2.45) is 0 Å². The second-order valence-electron chi connectivity index (χ2n) is 17.0. The van der Waals surface area contributed by atoms with Crippen molar-refractivity contribution in [1.29, 1.82) is 0 Å². The Morgan fingerprint density at radius 3 is 1.07 bits per heavy atom. The lowest BCUT2D eigenvalue weighted by molar-refractivity contribution is -0.167. The molecule has 0 aromatic heterocycles. The lowest BCUT2D eigenvalue weighted by Crippen LogP contribution is -2.30. The van der Waals surface area contributed by atoms with E-state index in [1.54, 1.807) is 0 Å². The average molecular weight is 853 g/mol. The maximum Gasteiger partial charge on any atom is 0.306 e. The first-order chi connectivity index (χ1) is 30.0. The maximum absolute atomic E-state index is 12.8. The van der Waals surface area contributed by atoms with Gasteiger partial charge in [-0.2, -0.15) is 0 Å². The van der Waals surface area contributed by atoms with E-state index in [1.807, 2.05) is 0 Å². The monoisotopic (exact) mass is 853 g/mol. The molecule has 0 aromatic carbocycles. The molecule has 0 aliphatic rings. The first-order valence-electron chi connectivity index (χ1n) is 25.8. The van der Waals surface area contributed by atoms with Gasteiger partial charge in [0.2, 0.25) is 0 Å². The van der Waals surface area contributed by atoms with E-state index in [2.05, 4.69) is 81.5 Å². The molecular formula is C55H96O6. The molecule has 0 radical (unpaired) electrons. The number of carbonyl (C=O) groups is 3. The van der Waals surface area contributed by atoms with E-state index in [1.165, 1.54) is 103 Å². The summed E-state index contributed by atoms with van der Waals surface area (Å²) in [5, 5.41) is 0. The number of allylic oxidation sites excluding steroid dienone is 10. The molecule has 0 fully saturated rings. The molecule has 1 unspecified atom stereocenters. The van der Waals surface area contributed by atoms with Crippen LogP contribution in [0.1, 0.15) is 252 Å². The minimum absolute atomic E-state index is 0.0891. The highest BCUT2D eigenvalue weighted by atomic mass is 16.6. The first kappa shape index (κ1) is 58.1. The molecule has 0 aliphatic heterocycles. The second kappa shape index (κ2) is 49.8. The SMILES string of the molecule is CC/C=C\C/C=C\C/C=C\CCCCCCC(=O)OC(COC(=O)CCCCCC/C=C\CCCC)COC(=O)CCCCCCCCC/C=C\CCCCCCCCCC. The molecule has 0 N–H and O–H groups in total. The van der Waals surface area contributed by atoms with Crippen LogP contribution in [0.3, 0.4) is 0 Å². The highest BCUT2D eigenvalue weighted by Crippen LogP contribution is 2.14. The van der Waals surface area contributed by atoms with Crippen LogP contribution in [-0.4, -0.2) is 37.2 Å². The van der Waals surface area contributed by atoms with E-state index < -0.39 is 6.10 Å². The summed E-state index contributed by atoms with van der Waals surface area (Å²) in [6.45, 7) is 6.45. The van der Waals surface area contributed by atoms with E-state index >= 15 is 0 Å². The quantitative estimate of drug-likeness (QED) is 0.0263. The van der Waals surface area contributed by atoms with Crippen LogP contribution in [-0.2, 0) is 28.6 Å². The van der Waals surface area contributed by atoms with Gasteiger partial charge >= 0.3 is 17.9 Å². The van der Waals surface area contributed by atoms with Gasteiger partial charge in [-0.05, 0) is 96.3 Å². The molecule has 0 aromatic rings. The third-order valence-electron chi connectivity index (χ3n) is 11.0. The van der Waals surface area contributed by atoms with E-state index in [9.17, 15) is 14.4 Å². The molecular weight excluding hydrogens is 757 g/mol. The molecule has 0 heterocycles. The summed E-state index contributed by atoms with van der Waals surface area (Å²) in [5.41, 5.74) is 0. The number of ether oxygens (including phenoxy) is 3. The predicted molar refractivity (Wildman–Crippen MR) is 261 cm³/mol. The van der Waals surface area contributed by atoms with Crippen molar-refractivity contribution in [3.05, 3.63) is 60.8 Å². The molecule has 0 spiro atoms. The van der Waals surface area contributed by atoms with Crippen LogP contribution in [0.15, 0.2) is 60.8 Å². The summed E-state index contributed by atoms with van der Waals surface area (Å²) in [6.07, 6.45) is 60.7. The minimum Gasteiger partial charge on any atom is -0.462 e. The molecule has 0 bridgehead atoms. The fourth-order valence-corrected chi connectivity index (χ4v) is 7.08. The van der Waals surface area contributed by atoms with Crippen molar-refractivity contribution < 1.29 is 28.6 Å². The lowest BCUT2D eigenvalue weighted by atomic mass is 10.1. The van der Waals surface area contributed by atoms with E-state index in [0.717, 1.165) is 109 Å². The van der Waals surface area contributed by atoms with Gasteiger partial charge in [-0.15, -0.1) is 0 Å². The Bertz CT molecular complexity index is 1120. The highest BCUT2D eigenvalue weighted by molar-refractivity contribution is 5.71. The molecule has 1 atom stereocenters. The third kappa shape index (κ3) is 48.0. The summed E-state index contributed by atoms with van der Waals surface area (Å²) >= 11 is 0. The van der Waals surface area contributed by atoms with Crippen molar-refractivity contribution in [1.82, 2.24) is 0 Å². The van der Waals surface area contributed by atoms with Crippen LogP contribution in [0, 0.1) is 0 Å². The summed E-state index contributed by atoms with van der Waals surface area (Å²) in [6, 6.07) is 0. The van der Waals surface area contributed by atoms with E-state index in [0.29, 0.717) is 19.3 Å². The zero-order valence-corrected chi connectivity index (χ0v) is 40.2. The molecule has 0 amide bonds. The predicted octanol–water partition coefficient (Wildman–Crippen LogP) is 16.9. The highest BCUT2D eigenvalue weighted by Gasteiger charge is 2.19. The Balaban J connectivity index is 4.35. The Labute approximate surface area is 377 Å². The summed E-state index contributed by atoms with van der Waals surface area (Å²) in [4.78, 5) is 37.9. The largest absolute Gasteiger partial charge is 0.462 e. The number of carbonyl (C=O) groups excluding carboxylic acids is 3. The van der Waals surface area contributed by atoms with Crippen molar-refractivity contribution in [3.8, 4) is 0 Å². The van der Waals surface area contributed by atoms with Gasteiger partial charge < -0.3 is 14.2 Å². The summed E-state index contributed by atoms with van der Waals surface area (Å²) < 4.78 is 16.7. The van der Waals surface area contributed by atoms with Gasteiger partial charge in [0.05, 0.1) is 0 Å². The molecule has 6 heteroatoms. The van der Waals surface area contributed by atoms with Gasteiger partial charge in [0.15, 0.2) is 6.10 Å². The van der Waals surface area contributed by atoms with Crippen molar-refractivity contribution in [2.45, 2.75) is 258 Å². The molecule has 0 rings (SSSR count). The number of hydrogen-bond donors (Lipinski definition) is 0. The lowest BCUT2D eigenvalue weighted by Gasteiger charge is -2.18. The van der Waals surface area contributed by atoms with Crippen LogP contribution in [0.4, 0.5) is 0 Å². The van der Waals surface area contributed by atoms with Gasteiger partial charge in [0, 0.05) is 19.3 Å². The molecule has 6 nitrogen and oxygen atoms in total. The smallest absolute Gasteiger partial charge is 0.306 e. The van der Waals surface area contributed by atoms with Crippen LogP contribution in [0.5, 0.6) is 0 Å². The van der Waals surface area contributed by atoms with Crippen molar-refractivity contribution in [2.75, 3.05) is 13.2 Å². The van der Waals surface area contributed by atoms with Crippen LogP contribution in [0.2, 0.25) is 0 Å². The Kier molecular flexibility index (Phi) is 47.4. The number of esters is 3.